The number of hydrogen-bond acceptors (Lipinski definition) is 6. The van der Waals surface area contributed by atoms with Crippen LogP contribution < -0.4 is 17.2 Å². The molecule has 0 spiro atoms. The topological polar surface area (TPSA) is 186 Å². The Balaban J connectivity index is 0.000000214. The number of Topliss-reactive ketones (excluding diaryl/α,β-unsaturated/α-hetero) is 1. The van der Waals surface area contributed by atoms with Gasteiger partial charge in [0, 0.05) is 41.2 Å². The van der Waals surface area contributed by atoms with Gasteiger partial charge in [-0.05, 0) is 23.8 Å². The van der Waals surface area contributed by atoms with Crippen LogP contribution in [0.25, 0.3) is 10.9 Å². The molecule has 30 heavy (non-hydrogen) atoms. The second-order valence-electron chi connectivity index (χ2n) is 6.67. The Morgan fingerprint density at radius 1 is 0.900 bits per heavy atom. The van der Waals surface area contributed by atoms with E-state index in [1.54, 1.807) is 24.3 Å². The van der Waals surface area contributed by atoms with Crippen LogP contribution in [-0.2, 0) is 16.0 Å². The maximum Gasteiger partial charge on any atom is 0.320 e. The van der Waals surface area contributed by atoms with Crippen LogP contribution in [0.4, 0.5) is 5.69 Å². The Morgan fingerprint density at radius 3 is 2.13 bits per heavy atom. The van der Waals surface area contributed by atoms with Gasteiger partial charge in [0.25, 0.3) is 0 Å². The molecule has 0 saturated carbocycles. The van der Waals surface area contributed by atoms with Crippen LogP contribution >= 0.6 is 0 Å². The number of benzene rings is 2. The number of aliphatic carboxylic acids is 2. The number of fused-ring (bicyclic) bond motifs is 1. The van der Waals surface area contributed by atoms with Crippen LogP contribution in [0.2, 0.25) is 0 Å². The average molecular weight is 412 g/mol. The van der Waals surface area contributed by atoms with Gasteiger partial charge in [-0.1, -0.05) is 30.3 Å². The fourth-order valence-electron chi connectivity index (χ4n) is 2.77. The van der Waals surface area contributed by atoms with E-state index in [2.05, 4.69) is 4.98 Å². The Labute approximate surface area is 172 Å². The molecule has 2 aromatic carbocycles. The Bertz CT molecular complexity index is 1050. The summed E-state index contributed by atoms with van der Waals surface area (Å²) in [5, 5.41) is 18.3. The zero-order valence-corrected chi connectivity index (χ0v) is 16.1. The minimum atomic E-state index is -1.20. The largest absolute Gasteiger partial charge is 0.480 e. The molecule has 9 N–H and O–H groups in total. The molecule has 3 aromatic rings. The number of carbonyl (C=O) groups excluding carboxylic acids is 1. The third-order valence-corrected chi connectivity index (χ3v) is 4.42. The molecule has 158 valence electrons. The zero-order valence-electron chi connectivity index (χ0n) is 16.1. The summed E-state index contributed by atoms with van der Waals surface area (Å²) in [6.07, 6.45) is 1.91. The third kappa shape index (κ3) is 5.90. The molecule has 3 rings (SSSR count). The van der Waals surface area contributed by atoms with Crippen LogP contribution in [-0.4, -0.2) is 45.0 Å². The van der Waals surface area contributed by atoms with Crippen LogP contribution in [0.1, 0.15) is 22.3 Å². The van der Waals surface area contributed by atoms with E-state index in [0.29, 0.717) is 17.7 Å². The third-order valence-electron chi connectivity index (χ3n) is 4.42. The lowest BCUT2D eigenvalue weighted by Gasteiger charge is -2.07. The number of H-pyrrole nitrogens is 1. The lowest BCUT2D eigenvalue weighted by Crippen LogP contribution is -2.32. The predicted molar refractivity (Wildman–Crippen MR) is 113 cm³/mol. The lowest BCUT2D eigenvalue weighted by molar-refractivity contribution is -0.139. The summed E-state index contributed by atoms with van der Waals surface area (Å²) in [5.74, 6) is -2.53. The Kier molecular flexibility index (Phi) is 7.68. The molecule has 0 radical (unpaired) electrons. The van der Waals surface area contributed by atoms with Crippen molar-refractivity contribution < 1.29 is 24.6 Å². The first-order valence-electron chi connectivity index (χ1n) is 9.10. The van der Waals surface area contributed by atoms with Gasteiger partial charge in [0.1, 0.15) is 12.1 Å². The van der Waals surface area contributed by atoms with Gasteiger partial charge in [0.15, 0.2) is 5.78 Å². The second kappa shape index (κ2) is 10.2. The normalized spacial score (nSPS) is 12.5. The number of aromatic amines is 1. The molecule has 9 nitrogen and oxygen atoms in total. The van der Waals surface area contributed by atoms with Gasteiger partial charge in [0.05, 0.1) is 0 Å². The van der Waals surface area contributed by atoms with Gasteiger partial charge >= 0.3 is 11.9 Å². The number of hydrogen-bond donors (Lipinski definition) is 6. The smallest absolute Gasteiger partial charge is 0.320 e. The van der Waals surface area contributed by atoms with Crippen molar-refractivity contribution in [3.63, 3.8) is 0 Å². The van der Waals surface area contributed by atoms with Crippen molar-refractivity contribution in [1.29, 1.82) is 0 Å². The standard InChI is InChI=1S/C11H12N2O2.C10H12N2O3/c12-9(11(14)15)5-7-6-13-10-4-2-1-3-8(7)10;11-7-4-2-1-3-6(7)9(13)5-8(12)10(14)15/h1-4,6,9,13H,5,12H2,(H,14,15);1-4,8H,5,11-12H2,(H,14,15)/t9-;/m0./s1. The number of carboxylic acid groups (broad SMARTS) is 2. The van der Waals surface area contributed by atoms with Crippen molar-refractivity contribution in [3.8, 4) is 0 Å². The number of nitrogen functional groups attached to an aromatic ring is 1. The first-order valence-corrected chi connectivity index (χ1v) is 9.10. The van der Waals surface area contributed by atoms with Crippen LogP contribution in [0, 0.1) is 0 Å². The number of nitrogens with one attached hydrogen (secondary N) is 1. The highest BCUT2D eigenvalue weighted by atomic mass is 16.4. The fourth-order valence-corrected chi connectivity index (χ4v) is 2.77. The van der Waals surface area contributed by atoms with E-state index < -0.39 is 24.0 Å². The van der Waals surface area contributed by atoms with E-state index in [-0.39, 0.29) is 12.2 Å². The van der Waals surface area contributed by atoms with E-state index in [1.165, 1.54) is 0 Å². The van der Waals surface area contributed by atoms with Gasteiger partial charge in [-0.25, -0.2) is 0 Å². The number of nitrogens with two attached hydrogens (primary N) is 3. The lowest BCUT2D eigenvalue weighted by atomic mass is 10.0. The van der Waals surface area contributed by atoms with Crippen LogP contribution in [0.3, 0.4) is 0 Å². The van der Waals surface area contributed by atoms with E-state index in [0.717, 1.165) is 16.5 Å². The molecule has 2 atom stereocenters. The number of carbonyl (C=O) groups is 3. The molecule has 0 saturated heterocycles. The summed E-state index contributed by atoms with van der Waals surface area (Å²) in [6, 6.07) is 12.2. The summed E-state index contributed by atoms with van der Waals surface area (Å²) in [4.78, 5) is 35.7. The highest BCUT2D eigenvalue weighted by Gasteiger charge is 2.18. The second-order valence-corrected chi connectivity index (χ2v) is 6.67. The van der Waals surface area contributed by atoms with Gasteiger partial charge in [-0.2, -0.15) is 0 Å². The SMILES string of the molecule is N[C@@H](Cc1c[nH]c2ccccc12)C(=O)O.Nc1ccccc1C(=O)CC(N)C(=O)O. The van der Waals surface area contributed by atoms with Crippen LogP contribution in [0.15, 0.2) is 54.7 Å². The van der Waals surface area contributed by atoms with E-state index >= 15 is 0 Å². The number of rotatable bonds is 7. The van der Waals surface area contributed by atoms with Crippen molar-refractivity contribution >= 4 is 34.3 Å². The molecule has 9 heteroatoms. The van der Waals surface area contributed by atoms with Crippen molar-refractivity contribution in [2.24, 2.45) is 11.5 Å². The molecule has 0 aliphatic heterocycles. The molecule has 0 fully saturated rings. The summed E-state index contributed by atoms with van der Waals surface area (Å²) in [5.41, 5.74) is 18.9. The average Bonchev–Trinajstić information content (AvgIpc) is 3.11. The van der Waals surface area contributed by atoms with Crippen molar-refractivity contribution in [1.82, 2.24) is 4.98 Å². The molecule has 0 amide bonds. The minimum Gasteiger partial charge on any atom is -0.480 e. The van der Waals surface area contributed by atoms with E-state index in [4.69, 9.17) is 27.4 Å². The number of ketones is 1. The highest BCUT2D eigenvalue weighted by molar-refractivity contribution is 6.02. The number of anilines is 1. The number of carboxylic acids is 2. The molecule has 1 aromatic heterocycles. The van der Waals surface area contributed by atoms with Crippen molar-refractivity contribution in [2.75, 3.05) is 5.73 Å². The summed E-state index contributed by atoms with van der Waals surface area (Å²) in [6.45, 7) is 0. The molecule has 1 unspecified atom stereocenters. The van der Waals surface area contributed by atoms with Crippen LogP contribution in [0.5, 0.6) is 0 Å². The molecular weight excluding hydrogens is 388 g/mol. The fraction of sp³-hybridized carbons (Fsp3) is 0.190. The summed E-state index contributed by atoms with van der Waals surface area (Å²) in [7, 11) is 0. The summed E-state index contributed by atoms with van der Waals surface area (Å²) < 4.78 is 0. The van der Waals surface area contributed by atoms with Gasteiger partial charge in [-0.3, -0.25) is 14.4 Å². The minimum absolute atomic E-state index is 0.246. The quantitative estimate of drug-likeness (QED) is 0.248. The molecular formula is C21H24N4O5. The predicted octanol–water partition coefficient (Wildman–Crippen LogP) is 1.38. The Morgan fingerprint density at radius 2 is 1.50 bits per heavy atom. The number of aromatic nitrogens is 1. The maximum absolute atomic E-state index is 11.6. The molecule has 0 aliphatic carbocycles. The van der Waals surface area contributed by atoms with Crippen molar-refractivity contribution in [2.45, 2.75) is 24.9 Å². The maximum atomic E-state index is 11.6. The van der Waals surface area contributed by atoms with Gasteiger partial charge in [0.2, 0.25) is 0 Å². The summed E-state index contributed by atoms with van der Waals surface area (Å²) >= 11 is 0. The first-order chi connectivity index (χ1) is 14.2. The first kappa shape index (κ1) is 22.6. The van der Waals surface area contributed by atoms with E-state index in [1.807, 2.05) is 30.5 Å². The van der Waals surface area contributed by atoms with Gasteiger partial charge in [-0.15, -0.1) is 0 Å². The highest BCUT2D eigenvalue weighted by Crippen LogP contribution is 2.18. The number of para-hydroxylation sites is 2. The molecule has 0 aliphatic rings. The Hall–Kier alpha value is -3.69. The monoisotopic (exact) mass is 412 g/mol. The zero-order chi connectivity index (χ0) is 22.3. The van der Waals surface area contributed by atoms with Crippen molar-refractivity contribution in [3.05, 3.63) is 65.9 Å². The van der Waals surface area contributed by atoms with Gasteiger partial charge < -0.3 is 32.4 Å². The van der Waals surface area contributed by atoms with E-state index in [9.17, 15) is 14.4 Å². The molecule has 0 bridgehead atoms. The molecule has 1 heterocycles.